The fourth-order valence-electron chi connectivity index (χ4n) is 2.10. The third-order valence-electron chi connectivity index (χ3n) is 2.96. The van der Waals surface area contributed by atoms with Gasteiger partial charge in [-0.15, -0.1) is 11.6 Å². The predicted octanol–water partition coefficient (Wildman–Crippen LogP) is 4.76. The van der Waals surface area contributed by atoms with Crippen molar-refractivity contribution in [2.75, 3.05) is 19.1 Å². The van der Waals surface area contributed by atoms with Gasteiger partial charge in [-0.25, -0.2) is 0 Å². The Balaban J connectivity index is 2.43. The molecule has 0 radical (unpaired) electrons. The number of para-hydroxylation sites is 2. The summed E-state index contributed by atoms with van der Waals surface area (Å²) in [5, 5.41) is 0. The second-order valence-corrected chi connectivity index (χ2v) is 5.48. The molecular weight excluding hydrogens is 260 g/mol. The Bertz CT molecular complexity index is 352. The fraction of sp³-hybridized carbons (Fsp3) is 0.625. The van der Waals surface area contributed by atoms with Gasteiger partial charge in [0.25, 0.3) is 0 Å². The van der Waals surface area contributed by atoms with Crippen LogP contribution in [0.4, 0.5) is 0 Å². The highest BCUT2D eigenvalue weighted by Gasteiger charge is 2.11. The first-order valence-electron chi connectivity index (χ1n) is 7.08. The minimum absolute atomic E-state index is 0.529. The molecule has 1 rings (SSSR count). The zero-order valence-corrected chi connectivity index (χ0v) is 13.0. The largest absolute Gasteiger partial charge is 0.490 e. The molecule has 1 aromatic carbocycles. The summed E-state index contributed by atoms with van der Waals surface area (Å²) in [6, 6.07) is 7.80. The summed E-state index contributed by atoms with van der Waals surface area (Å²) in [6.45, 7) is 7.77. The van der Waals surface area contributed by atoms with Crippen molar-refractivity contribution >= 4 is 11.6 Å². The van der Waals surface area contributed by atoms with Crippen LogP contribution < -0.4 is 9.47 Å². The molecule has 1 atom stereocenters. The lowest BCUT2D eigenvalue weighted by atomic mass is 9.96. The maximum absolute atomic E-state index is 5.99. The number of halogens is 1. The second kappa shape index (κ2) is 9.08. The molecule has 0 saturated heterocycles. The summed E-state index contributed by atoms with van der Waals surface area (Å²) < 4.78 is 11.4. The average molecular weight is 285 g/mol. The predicted molar refractivity (Wildman–Crippen MR) is 81.4 cm³/mol. The summed E-state index contributed by atoms with van der Waals surface area (Å²) in [4.78, 5) is 0. The van der Waals surface area contributed by atoms with Crippen LogP contribution in [0.5, 0.6) is 11.5 Å². The Morgan fingerprint density at radius 1 is 1.11 bits per heavy atom. The van der Waals surface area contributed by atoms with Gasteiger partial charge in [0.2, 0.25) is 0 Å². The SMILES string of the molecule is CCOc1ccccc1OCCC(CCl)CC(C)C. The molecule has 2 nitrogen and oxygen atoms in total. The van der Waals surface area contributed by atoms with Crippen molar-refractivity contribution in [2.24, 2.45) is 11.8 Å². The quantitative estimate of drug-likeness (QED) is 0.609. The monoisotopic (exact) mass is 284 g/mol. The Kier molecular flexibility index (Phi) is 7.73. The van der Waals surface area contributed by atoms with Crippen LogP contribution >= 0.6 is 11.6 Å². The van der Waals surface area contributed by atoms with Gasteiger partial charge in [0.15, 0.2) is 11.5 Å². The molecule has 19 heavy (non-hydrogen) atoms. The van der Waals surface area contributed by atoms with Gasteiger partial charge in [0, 0.05) is 5.88 Å². The van der Waals surface area contributed by atoms with Crippen LogP contribution in [0.25, 0.3) is 0 Å². The highest BCUT2D eigenvalue weighted by molar-refractivity contribution is 6.18. The van der Waals surface area contributed by atoms with E-state index in [2.05, 4.69) is 13.8 Å². The molecule has 3 heteroatoms. The zero-order chi connectivity index (χ0) is 14.1. The Morgan fingerprint density at radius 2 is 1.74 bits per heavy atom. The van der Waals surface area contributed by atoms with Gasteiger partial charge in [0.05, 0.1) is 13.2 Å². The minimum atomic E-state index is 0.529. The molecule has 0 aliphatic carbocycles. The Morgan fingerprint density at radius 3 is 2.26 bits per heavy atom. The molecule has 0 fully saturated rings. The van der Waals surface area contributed by atoms with E-state index in [4.69, 9.17) is 21.1 Å². The highest BCUT2D eigenvalue weighted by Crippen LogP contribution is 2.27. The Labute approximate surface area is 122 Å². The van der Waals surface area contributed by atoms with E-state index in [9.17, 15) is 0 Å². The zero-order valence-electron chi connectivity index (χ0n) is 12.2. The first-order chi connectivity index (χ1) is 9.17. The summed E-state index contributed by atoms with van der Waals surface area (Å²) in [5.74, 6) is 3.55. The molecular formula is C16H25ClO2. The number of rotatable bonds is 9. The van der Waals surface area contributed by atoms with Crippen molar-refractivity contribution in [3.05, 3.63) is 24.3 Å². The van der Waals surface area contributed by atoms with Crippen molar-refractivity contribution in [3.63, 3.8) is 0 Å². The molecule has 0 spiro atoms. The van der Waals surface area contributed by atoms with E-state index >= 15 is 0 Å². The molecule has 0 N–H and O–H groups in total. The van der Waals surface area contributed by atoms with Gasteiger partial charge in [-0.2, -0.15) is 0 Å². The smallest absolute Gasteiger partial charge is 0.161 e. The molecule has 108 valence electrons. The van der Waals surface area contributed by atoms with Crippen LogP contribution in [-0.2, 0) is 0 Å². The number of hydrogen-bond donors (Lipinski definition) is 0. The highest BCUT2D eigenvalue weighted by atomic mass is 35.5. The van der Waals surface area contributed by atoms with Gasteiger partial charge >= 0.3 is 0 Å². The van der Waals surface area contributed by atoms with E-state index in [1.54, 1.807) is 0 Å². The van der Waals surface area contributed by atoms with Crippen LogP contribution in [0.3, 0.4) is 0 Å². The first kappa shape index (κ1) is 16.2. The summed E-state index contributed by atoms with van der Waals surface area (Å²) in [5.41, 5.74) is 0. The molecule has 0 amide bonds. The van der Waals surface area contributed by atoms with E-state index in [1.165, 1.54) is 0 Å². The normalized spacial score (nSPS) is 12.5. The third-order valence-corrected chi connectivity index (χ3v) is 3.39. The second-order valence-electron chi connectivity index (χ2n) is 5.17. The molecule has 1 unspecified atom stereocenters. The molecule has 0 aromatic heterocycles. The van der Waals surface area contributed by atoms with Crippen LogP contribution in [0.1, 0.15) is 33.6 Å². The van der Waals surface area contributed by atoms with Gasteiger partial charge in [-0.05, 0) is 43.7 Å². The van der Waals surface area contributed by atoms with Crippen molar-refractivity contribution in [2.45, 2.75) is 33.6 Å². The van der Waals surface area contributed by atoms with Crippen molar-refractivity contribution in [3.8, 4) is 11.5 Å². The van der Waals surface area contributed by atoms with Crippen molar-refractivity contribution in [1.82, 2.24) is 0 Å². The lowest BCUT2D eigenvalue weighted by molar-refractivity contribution is 0.251. The number of hydrogen-bond acceptors (Lipinski definition) is 2. The molecule has 0 bridgehead atoms. The maximum Gasteiger partial charge on any atom is 0.161 e. The number of ether oxygens (including phenoxy) is 2. The molecule has 0 aliphatic heterocycles. The molecule has 0 heterocycles. The molecule has 1 aromatic rings. The van der Waals surface area contributed by atoms with Crippen molar-refractivity contribution < 1.29 is 9.47 Å². The lowest BCUT2D eigenvalue weighted by Crippen LogP contribution is -2.11. The van der Waals surface area contributed by atoms with E-state index in [1.807, 2.05) is 31.2 Å². The van der Waals surface area contributed by atoms with E-state index < -0.39 is 0 Å². The lowest BCUT2D eigenvalue weighted by Gasteiger charge is -2.17. The first-order valence-corrected chi connectivity index (χ1v) is 7.61. The number of alkyl halides is 1. The Hall–Kier alpha value is -0.890. The summed E-state index contributed by atoms with van der Waals surface area (Å²) in [6.07, 6.45) is 2.14. The van der Waals surface area contributed by atoms with Crippen LogP contribution in [0.15, 0.2) is 24.3 Å². The third kappa shape index (κ3) is 6.20. The average Bonchev–Trinajstić information content (AvgIpc) is 2.39. The standard InChI is InChI=1S/C16H25ClO2/c1-4-18-15-7-5-6-8-16(15)19-10-9-14(12-17)11-13(2)3/h5-8,13-14H,4,9-12H2,1-3H3. The van der Waals surface area contributed by atoms with E-state index in [0.717, 1.165) is 24.3 Å². The number of benzene rings is 1. The van der Waals surface area contributed by atoms with E-state index in [0.29, 0.717) is 30.9 Å². The summed E-state index contributed by atoms with van der Waals surface area (Å²) in [7, 11) is 0. The van der Waals surface area contributed by atoms with Gasteiger partial charge in [-0.3, -0.25) is 0 Å². The van der Waals surface area contributed by atoms with Gasteiger partial charge in [-0.1, -0.05) is 26.0 Å². The topological polar surface area (TPSA) is 18.5 Å². The summed E-state index contributed by atoms with van der Waals surface area (Å²) >= 11 is 5.99. The maximum atomic E-state index is 5.99. The minimum Gasteiger partial charge on any atom is -0.490 e. The molecule has 0 saturated carbocycles. The van der Waals surface area contributed by atoms with E-state index in [-0.39, 0.29) is 0 Å². The van der Waals surface area contributed by atoms with Crippen molar-refractivity contribution in [1.29, 1.82) is 0 Å². The van der Waals surface area contributed by atoms with Crippen LogP contribution in [0.2, 0.25) is 0 Å². The van der Waals surface area contributed by atoms with Crippen LogP contribution in [0, 0.1) is 11.8 Å². The van der Waals surface area contributed by atoms with Gasteiger partial charge < -0.3 is 9.47 Å². The fourth-order valence-corrected chi connectivity index (χ4v) is 2.38. The van der Waals surface area contributed by atoms with Gasteiger partial charge in [0.1, 0.15) is 0 Å². The van der Waals surface area contributed by atoms with Crippen LogP contribution in [-0.4, -0.2) is 19.1 Å². The molecule has 0 aliphatic rings.